The normalized spacial score (nSPS) is 53.5. The van der Waals surface area contributed by atoms with Crippen LogP contribution in [0.5, 0.6) is 0 Å². The predicted octanol–water partition coefficient (Wildman–Crippen LogP) is 1.32. The van der Waals surface area contributed by atoms with Crippen molar-refractivity contribution in [1.29, 1.82) is 0 Å². The van der Waals surface area contributed by atoms with Gasteiger partial charge >= 0.3 is 23.9 Å². The van der Waals surface area contributed by atoms with Crippen molar-refractivity contribution in [1.82, 2.24) is 0 Å². The molecule has 3 heterocycles. The lowest BCUT2D eigenvalue weighted by molar-refractivity contribution is -0.391. The van der Waals surface area contributed by atoms with Gasteiger partial charge in [-0.05, 0) is 104 Å². The van der Waals surface area contributed by atoms with Gasteiger partial charge in [-0.25, -0.2) is 9.59 Å². The quantitative estimate of drug-likeness (QED) is 0.0838. The number of carboxylic acid groups (broad SMARTS) is 3. The van der Waals surface area contributed by atoms with Crippen molar-refractivity contribution in [2.45, 2.75) is 218 Å². The maximum Gasteiger partial charge on any atom is 0.335 e. The molecule has 0 radical (unpaired) electrons. The van der Waals surface area contributed by atoms with E-state index < -0.39 is 150 Å². The first-order valence-corrected chi connectivity index (χ1v) is 25.1. The molecule has 402 valence electrons. The van der Waals surface area contributed by atoms with E-state index in [2.05, 4.69) is 53.7 Å². The summed E-state index contributed by atoms with van der Waals surface area (Å²) >= 11 is 0. The first-order valence-electron chi connectivity index (χ1n) is 25.1. The average molecular weight is 1010 g/mol. The van der Waals surface area contributed by atoms with Gasteiger partial charge < -0.3 is 84.2 Å². The van der Waals surface area contributed by atoms with E-state index >= 15 is 0 Å². The molecule has 21 heteroatoms. The molecule has 4 saturated carbocycles. The summed E-state index contributed by atoms with van der Waals surface area (Å²) < 4.78 is 41.9. The molecule has 71 heavy (non-hydrogen) atoms. The van der Waals surface area contributed by atoms with Gasteiger partial charge in [0, 0.05) is 18.8 Å². The van der Waals surface area contributed by atoms with Gasteiger partial charge in [-0.1, -0.05) is 53.7 Å². The minimum Gasteiger partial charge on any atom is -0.481 e. The molecule has 3 aliphatic heterocycles. The molecule has 26 atom stereocenters. The molecule has 5 aliphatic carbocycles. The van der Waals surface area contributed by atoms with Crippen molar-refractivity contribution in [3.8, 4) is 0 Å². The number of hydrogen-bond acceptors (Lipinski definition) is 18. The Labute approximate surface area is 412 Å². The van der Waals surface area contributed by atoms with Crippen LogP contribution in [0, 0.1) is 56.2 Å². The van der Waals surface area contributed by atoms with Gasteiger partial charge in [0.15, 0.2) is 31.1 Å². The zero-order valence-corrected chi connectivity index (χ0v) is 41.9. The number of aliphatic hydroxyl groups is 7. The SMILES string of the molecule is CC(=O)O[C@@H]1C[C@](C)(C(=O)O)C[C@H]2[C@H]3C=C[C@@H]4[C@@]5(C)C[C@H](O[C@@H]6O[C@H](C(=O)O)[C@@H](O)[C@H](O)[C@H]6O[C@@H]6O[C@H](C(=O)O)[C@@H](O)[C@H](O)[C@H]6O[C@@H]6O[C@@H](C)[C@H](O)[C@@H](O)[C@H]6O)CC(C)(C)[C@@H]5CC[C@@]4(C)[C@]3(C)CC[C@@]12C. The second kappa shape index (κ2) is 18.7. The van der Waals surface area contributed by atoms with Crippen LogP contribution in [0.15, 0.2) is 12.2 Å². The number of carboxylic acids is 3. The van der Waals surface area contributed by atoms with Crippen molar-refractivity contribution in [2.75, 3.05) is 0 Å². The van der Waals surface area contributed by atoms with Crippen molar-refractivity contribution >= 4 is 23.9 Å². The van der Waals surface area contributed by atoms with Crippen LogP contribution in [0.4, 0.5) is 0 Å². The standard InChI is InChI=1S/C50H76O21/c1-20-28(52)29(53)34(58)41(65-20)70-38-33(57)31(55)36(40(61)62)69-43(38)71-37-32(56)30(54)35(39(59)60)68-42(37)67-22-16-45(3,4)25-12-13-50(9)26(48(25,7)17-22)11-10-23-24-18-46(5,44(63)64)19-27(66-21(2)51)47(24,6)14-15-49(23,50)8/h10-11,20,22-38,41-43,52-58H,12-19H2,1-9H3,(H,59,60)(H,61,62)(H,63,64)/t20-,22+,23+,24-,25-,26+,27+,28-,29+,30-,31-,32-,33-,34+,35-,36-,37+,38+,41-,42+,43-,46+,47+,48-,49+,50+/m0/s1. The maximum absolute atomic E-state index is 12.9. The molecule has 3 saturated heterocycles. The molecule has 0 amide bonds. The average Bonchev–Trinajstić information content (AvgIpc) is 3.26. The van der Waals surface area contributed by atoms with Gasteiger partial charge in [-0.2, -0.15) is 0 Å². The fraction of sp³-hybridized carbons (Fsp3) is 0.880. The summed E-state index contributed by atoms with van der Waals surface area (Å²) in [5, 5.41) is 107. The maximum atomic E-state index is 12.9. The lowest BCUT2D eigenvalue weighted by Gasteiger charge is -2.72. The fourth-order valence-corrected chi connectivity index (χ4v) is 15.6. The Balaban J connectivity index is 1.11. The van der Waals surface area contributed by atoms with Crippen LogP contribution in [0.25, 0.3) is 0 Å². The molecular formula is C50H76O21. The Hall–Kier alpha value is -2.90. The van der Waals surface area contributed by atoms with E-state index in [1.165, 1.54) is 13.8 Å². The Bertz CT molecular complexity index is 2090. The van der Waals surface area contributed by atoms with Gasteiger partial charge in [-0.15, -0.1) is 0 Å². The fourth-order valence-electron chi connectivity index (χ4n) is 15.6. The van der Waals surface area contributed by atoms with E-state index in [9.17, 15) is 70.2 Å². The lowest BCUT2D eigenvalue weighted by atomic mass is 9.33. The van der Waals surface area contributed by atoms with Crippen molar-refractivity contribution in [3.63, 3.8) is 0 Å². The van der Waals surface area contributed by atoms with Crippen molar-refractivity contribution in [3.05, 3.63) is 12.2 Å². The molecule has 8 aliphatic rings. The minimum absolute atomic E-state index is 0.0408. The summed E-state index contributed by atoms with van der Waals surface area (Å²) in [5.74, 6) is -4.79. The molecule has 0 spiro atoms. The Morgan fingerprint density at radius 3 is 1.69 bits per heavy atom. The van der Waals surface area contributed by atoms with E-state index in [0.717, 1.165) is 25.7 Å². The third kappa shape index (κ3) is 8.77. The summed E-state index contributed by atoms with van der Waals surface area (Å²) in [6.07, 6.45) is -20.7. The first kappa shape index (κ1) is 54.4. The van der Waals surface area contributed by atoms with Crippen molar-refractivity contribution < 1.29 is 103 Å². The van der Waals surface area contributed by atoms with Gasteiger partial charge in [0.2, 0.25) is 0 Å². The Kier molecular flexibility index (Phi) is 14.3. The minimum atomic E-state index is -2.17. The highest BCUT2D eigenvalue weighted by Crippen LogP contribution is 2.76. The monoisotopic (exact) mass is 1010 g/mol. The number of aliphatic carboxylic acids is 3. The van der Waals surface area contributed by atoms with E-state index in [-0.39, 0.29) is 40.9 Å². The molecule has 8 rings (SSSR count). The van der Waals surface area contributed by atoms with Crippen LogP contribution >= 0.6 is 0 Å². The zero-order valence-electron chi connectivity index (χ0n) is 41.9. The van der Waals surface area contributed by atoms with E-state index in [0.29, 0.717) is 19.3 Å². The summed E-state index contributed by atoms with van der Waals surface area (Å²) in [4.78, 5) is 50.3. The highest BCUT2D eigenvalue weighted by atomic mass is 16.8. The van der Waals surface area contributed by atoms with E-state index in [1.807, 2.05) is 0 Å². The first-order chi connectivity index (χ1) is 32.8. The number of ether oxygens (including phenoxy) is 7. The third-order valence-corrected chi connectivity index (χ3v) is 19.7. The molecule has 21 nitrogen and oxygen atoms in total. The van der Waals surface area contributed by atoms with Crippen molar-refractivity contribution in [2.24, 2.45) is 56.2 Å². The second-order valence-electron chi connectivity index (χ2n) is 24.3. The molecule has 10 N–H and O–H groups in total. The Morgan fingerprint density at radius 1 is 0.577 bits per heavy atom. The molecule has 7 fully saturated rings. The largest absolute Gasteiger partial charge is 0.481 e. The number of hydrogen-bond donors (Lipinski definition) is 10. The van der Waals surface area contributed by atoms with Gasteiger partial charge in [0.05, 0.1) is 17.6 Å². The lowest BCUT2D eigenvalue weighted by Crippen LogP contribution is -2.68. The highest BCUT2D eigenvalue weighted by Gasteiger charge is 2.71. The summed E-state index contributed by atoms with van der Waals surface area (Å²) in [6, 6.07) is 0. The second-order valence-corrected chi connectivity index (χ2v) is 24.3. The third-order valence-electron chi connectivity index (χ3n) is 19.7. The highest BCUT2D eigenvalue weighted by molar-refractivity contribution is 5.75. The molecule has 0 bridgehead atoms. The van der Waals surface area contributed by atoms with E-state index in [4.69, 9.17) is 33.2 Å². The summed E-state index contributed by atoms with van der Waals surface area (Å²) in [6.45, 7) is 17.8. The number of carbonyl (C=O) groups excluding carboxylic acids is 1. The van der Waals surface area contributed by atoms with Crippen LogP contribution in [-0.4, -0.2) is 179 Å². The number of aliphatic hydroxyl groups excluding tert-OH is 7. The van der Waals surface area contributed by atoms with Crippen LogP contribution < -0.4 is 0 Å². The van der Waals surface area contributed by atoms with E-state index in [1.54, 1.807) is 6.92 Å². The van der Waals surface area contributed by atoms with Crippen LogP contribution in [0.1, 0.15) is 114 Å². The zero-order chi connectivity index (χ0) is 52.5. The molecule has 0 aromatic rings. The number of allylic oxidation sites excluding steroid dienone is 2. The molecule has 0 aromatic carbocycles. The summed E-state index contributed by atoms with van der Waals surface area (Å²) in [7, 11) is 0. The van der Waals surface area contributed by atoms with Crippen LogP contribution in [0.2, 0.25) is 0 Å². The van der Waals surface area contributed by atoms with Gasteiger partial charge in [0.25, 0.3) is 0 Å². The van der Waals surface area contributed by atoms with Crippen LogP contribution in [0.3, 0.4) is 0 Å². The molecule has 0 aromatic heterocycles. The van der Waals surface area contributed by atoms with Gasteiger partial charge in [-0.3, -0.25) is 9.59 Å². The number of esters is 1. The molecular weight excluding hydrogens is 937 g/mol. The van der Waals surface area contributed by atoms with Gasteiger partial charge in [0.1, 0.15) is 61.0 Å². The topological polar surface area (TPSA) is 335 Å². The Morgan fingerprint density at radius 2 is 1.14 bits per heavy atom. The molecule has 0 unspecified atom stereocenters. The number of rotatable bonds is 10. The number of carbonyl (C=O) groups is 4. The summed E-state index contributed by atoms with van der Waals surface area (Å²) in [5.41, 5.74) is -3.12. The number of fused-ring (bicyclic) bond motifs is 7. The predicted molar refractivity (Wildman–Crippen MR) is 241 cm³/mol. The van der Waals surface area contributed by atoms with Crippen LogP contribution in [-0.2, 0) is 52.3 Å². The smallest absolute Gasteiger partial charge is 0.335 e.